The number of hydrogen-bond donors (Lipinski definition) is 3. The lowest BCUT2D eigenvalue weighted by Gasteiger charge is -2.12. The Bertz CT molecular complexity index is 2000. The highest BCUT2D eigenvalue weighted by molar-refractivity contribution is 7.88. The Morgan fingerprint density at radius 1 is 1.02 bits per heavy atom. The molecule has 5 heterocycles. The molecule has 3 N–H and O–H groups in total. The fraction of sp³-hybridized carbons (Fsp3) is 0.143. The van der Waals surface area contributed by atoms with Crippen LogP contribution < -0.4 is 9.62 Å². The molecule has 0 bridgehead atoms. The largest absolute Gasteiger partial charge is 0.376 e. The van der Waals surface area contributed by atoms with Crippen LogP contribution in [0.4, 0.5) is 10.1 Å². The van der Waals surface area contributed by atoms with Gasteiger partial charge in [-0.3, -0.25) is 10.1 Å². The van der Waals surface area contributed by atoms with Crippen molar-refractivity contribution in [2.45, 2.75) is 6.54 Å². The average Bonchev–Trinajstić information content (AvgIpc) is 3.55. The predicted molar refractivity (Wildman–Crippen MR) is 154 cm³/mol. The Balaban J connectivity index is 1.42. The third-order valence-electron chi connectivity index (χ3n) is 6.54. The van der Waals surface area contributed by atoms with E-state index in [9.17, 15) is 12.8 Å². The van der Waals surface area contributed by atoms with Crippen LogP contribution in [0.5, 0.6) is 0 Å². The van der Waals surface area contributed by atoms with E-state index in [-0.39, 0.29) is 6.54 Å². The summed E-state index contributed by atoms with van der Waals surface area (Å²) in [5.41, 5.74) is 7.83. The van der Waals surface area contributed by atoms with Crippen LogP contribution in [0.25, 0.3) is 55.8 Å². The summed E-state index contributed by atoms with van der Waals surface area (Å²) in [6.07, 6.45) is 6.28. The first-order valence-corrected chi connectivity index (χ1v) is 14.2. The minimum Gasteiger partial charge on any atom is -0.376 e. The van der Waals surface area contributed by atoms with Gasteiger partial charge in [-0.25, -0.2) is 27.5 Å². The number of anilines is 1. The summed E-state index contributed by atoms with van der Waals surface area (Å²) in [6, 6.07) is 14.1. The zero-order valence-electron chi connectivity index (χ0n) is 21.9. The Morgan fingerprint density at radius 2 is 1.88 bits per heavy atom. The van der Waals surface area contributed by atoms with Crippen LogP contribution in [0.1, 0.15) is 5.56 Å². The summed E-state index contributed by atoms with van der Waals surface area (Å²) < 4.78 is 40.0. The van der Waals surface area contributed by atoms with E-state index in [4.69, 9.17) is 4.98 Å². The molecule has 0 spiro atoms. The highest BCUT2D eigenvalue weighted by atomic mass is 32.2. The van der Waals surface area contributed by atoms with Crippen molar-refractivity contribution in [3.8, 4) is 33.8 Å². The molecular weight excluding hydrogens is 531 g/mol. The first kappa shape index (κ1) is 25.6. The lowest BCUT2D eigenvalue weighted by atomic mass is 10.0. The van der Waals surface area contributed by atoms with E-state index >= 15 is 0 Å². The van der Waals surface area contributed by atoms with E-state index in [1.54, 1.807) is 30.7 Å². The van der Waals surface area contributed by atoms with Crippen LogP contribution in [-0.4, -0.2) is 58.9 Å². The normalized spacial score (nSPS) is 11.9. The molecule has 6 rings (SSSR count). The van der Waals surface area contributed by atoms with Gasteiger partial charge in [0.1, 0.15) is 22.7 Å². The van der Waals surface area contributed by atoms with Crippen molar-refractivity contribution in [3.63, 3.8) is 0 Å². The molecule has 0 aliphatic heterocycles. The molecule has 0 amide bonds. The third kappa shape index (κ3) is 5.01. The van der Waals surface area contributed by atoms with E-state index in [0.717, 1.165) is 39.7 Å². The number of halogens is 1. The van der Waals surface area contributed by atoms with Crippen molar-refractivity contribution in [3.05, 3.63) is 78.5 Å². The van der Waals surface area contributed by atoms with Gasteiger partial charge in [-0.15, -0.1) is 0 Å². The maximum Gasteiger partial charge on any atom is 0.209 e. The summed E-state index contributed by atoms with van der Waals surface area (Å²) in [6.45, 7) is -0.0174. The van der Waals surface area contributed by atoms with Gasteiger partial charge >= 0.3 is 0 Å². The number of H-pyrrole nitrogens is 2. The molecule has 0 fully saturated rings. The molecule has 0 saturated carbocycles. The monoisotopic (exact) mass is 556 g/mol. The molecule has 0 radical (unpaired) electrons. The van der Waals surface area contributed by atoms with Gasteiger partial charge in [0.2, 0.25) is 10.0 Å². The van der Waals surface area contributed by atoms with Crippen molar-refractivity contribution in [1.82, 2.24) is 34.9 Å². The lowest BCUT2D eigenvalue weighted by molar-refractivity contribution is 0.586. The van der Waals surface area contributed by atoms with Crippen molar-refractivity contribution in [1.29, 1.82) is 0 Å². The number of fused-ring (bicyclic) bond motifs is 2. The predicted octanol–water partition coefficient (Wildman–Crippen LogP) is 4.48. The quantitative estimate of drug-likeness (QED) is 0.264. The number of rotatable bonds is 7. The Morgan fingerprint density at radius 3 is 2.67 bits per heavy atom. The van der Waals surface area contributed by atoms with Crippen LogP contribution in [0.15, 0.2) is 67.1 Å². The van der Waals surface area contributed by atoms with Gasteiger partial charge in [0.25, 0.3) is 0 Å². The van der Waals surface area contributed by atoms with Crippen LogP contribution in [0.3, 0.4) is 0 Å². The number of sulfonamides is 1. The van der Waals surface area contributed by atoms with Gasteiger partial charge in [-0.05, 0) is 65.2 Å². The standard InChI is InChI=1S/C28H25FN8O2S/c1-37(2)20-11-18(14-30-15-20)23-4-5-24-26(33-23)27(36-35-24)25-12-22-21(6-7-31-28(22)34-25)17-8-16(9-19(29)10-17)13-32-40(3,38)39/h4-12,14-15,32H,13H2,1-3H3,(H,31,34)(H,35,36). The maximum absolute atomic E-state index is 14.6. The minimum atomic E-state index is -3.42. The Hall–Kier alpha value is -4.68. The molecular formula is C28H25FN8O2S. The van der Waals surface area contributed by atoms with E-state index in [0.29, 0.717) is 33.7 Å². The van der Waals surface area contributed by atoms with Crippen molar-refractivity contribution >= 4 is 37.8 Å². The van der Waals surface area contributed by atoms with Crippen LogP contribution >= 0.6 is 0 Å². The third-order valence-corrected chi connectivity index (χ3v) is 7.21. The number of nitrogens with one attached hydrogen (secondary N) is 3. The zero-order valence-corrected chi connectivity index (χ0v) is 22.7. The molecule has 202 valence electrons. The van der Waals surface area contributed by atoms with Crippen molar-refractivity contribution < 1.29 is 12.8 Å². The van der Waals surface area contributed by atoms with E-state index in [1.165, 1.54) is 12.1 Å². The number of aromatic nitrogens is 6. The molecule has 6 aromatic rings. The topological polar surface area (TPSA) is 133 Å². The van der Waals surface area contributed by atoms with Gasteiger partial charge in [-0.1, -0.05) is 0 Å². The highest BCUT2D eigenvalue weighted by Crippen LogP contribution is 2.34. The smallest absolute Gasteiger partial charge is 0.209 e. The first-order chi connectivity index (χ1) is 19.1. The number of pyridine rings is 3. The molecule has 40 heavy (non-hydrogen) atoms. The van der Waals surface area contributed by atoms with Crippen molar-refractivity contribution in [2.24, 2.45) is 0 Å². The molecule has 5 aromatic heterocycles. The van der Waals surface area contributed by atoms with Crippen molar-refractivity contribution in [2.75, 3.05) is 25.3 Å². The van der Waals surface area contributed by atoms with Gasteiger partial charge in [0, 0.05) is 44.0 Å². The first-order valence-electron chi connectivity index (χ1n) is 12.3. The van der Waals surface area contributed by atoms with E-state index in [2.05, 4.69) is 29.9 Å². The molecule has 0 unspecified atom stereocenters. The van der Waals surface area contributed by atoms with E-state index in [1.807, 2.05) is 43.3 Å². The summed E-state index contributed by atoms with van der Waals surface area (Å²) >= 11 is 0. The molecule has 0 aliphatic rings. The SMILES string of the molecule is CN(C)c1cncc(-c2ccc3[nH]nc(-c4cc5c(-c6cc(F)cc(CNS(C)(=O)=O)c6)ccnc5[nH]4)c3n2)c1. The molecule has 12 heteroatoms. The van der Waals surface area contributed by atoms with Gasteiger partial charge in [-0.2, -0.15) is 5.10 Å². The average molecular weight is 557 g/mol. The van der Waals surface area contributed by atoms with E-state index < -0.39 is 15.8 Å². The molecule has 10 nitrogen and oxygen atoms in total. The summed E-state index contributed by atoms with van der Waals surface area (Å²) in [7, 11) is 0.496. The number of aromatic amines is 2. The fourth-order valence-electron chi connectivity index (χ4n) is 4.59. The Labute approximate surface area is 229 Å². The zero-order chi connectivity index (χ0) is 28.0. The highest BCUT2D eigenvalue weighted by Gasteiger charge is 2.17. The fourth-order valence-corrected chi connectivity index (χ4v) is 5.02. The van der Waals surface area contributed by atoms with Crippen LogP contribution in [0, 0.1) is 5.82 Å². The summed E-state index contributed by atoms with van der Waals surface area (Å²) in [4.78, 5) is 19.0. The molecule has 0 saturated heterocycles. The molecule has 0 atom stereocenters. The second-order valence-electron chi connectivity index (χ2n) is 9.74. The number of nitrogens with zero attached hydrogens (tertiary/aromatic N) is 5. The number of hydrogen-bond acceptors (Lipinski definition) is 7. The summed E-state index contributed by atoms with van der Waals surface area (Å²) in [5.74, 6) is -0.466. The maximum atomic E-state index is 14.6. The lowest BCUT2D eigenvalue weighted by Crippen LogP contribution is -2.21. The van der Waals surface area contributed by atoms with Crippen LogP contribution in [0.2, 0.25) is 0 Å². The van der Waals surface area contributed by atoms with Gasteiger partial charge in [0.05, 0.1) is 35.0 Å². The second kappa shape index (κ2) is 9.81. The number of benzene rings is 1. The second-order valence-corrected chi connectivity index (χ2v) is 11.6. The Kier molecular flexibility index (Phi) is 6.28. The molecule has 0 aliphatic carbocycles. The van der Waals surface area contributed by atoms with Gasteiger partial charge < -0.3 is 9.88 Å². The summed E-state index contributed by atoms with van der Waals surface area (Å²) in [5, 5.41) is 8.33. The molecule has 1 aromatic carbocycles. The van der Waals surface area contributed by atoms with Gasteiger partial charge in [0.15, 0.2) is 0 Å². The van der Waals surface area contributed by atoms with Crippen LogP contribution in [-0.2, 0) is 16.6 Å². The minimum absolute atomic E-state index is 0.0174.